The SMILES string of the molecule is N#CC[C@@H](N)c1cc(C(F)(F)F)cc(C(F)(F)F)c1. The molecule has 0 aliphatic heterocycles. The zero-order chi connectivity index (χ0) is 14.8. The second-order valence-corrected chi connectivity index (χ2v) is 3.81. The lowest BCUT2D eigenvalue weighted by molar-refractivity contribution is -0.143. The standard InChI is InChI=1S/C11H8F6N2/c12-10(13,14)7-3-6(9(19)1-2-18)4-8(5-7)11(15,16)17/h3-5,9H,1,19H2/t9-/m1/s1. The van der Waals surface area contributed by atoms with Crippen LogP contribution in [0.3, 0.4) is 0 Å². The molecule has 19 heavy (non-hydrogen) atoms. The van der Waals surface area contributed by atoms with Gasteiger partial charge in [-0.1, -0.05) is 0 Å². The van der Waals surface area contributed by atoms with Gasteiger partial charge in [0.15, 0.2) is 0 Å². The molecule has 0 saturated carbocycles. The minimum Gasteiger partial charge on any atom is -0.323 e. The van der Waals surface area contributed by atoms with Crippen molar-refractivity contribution in [3.05, 3.63) is 34.9 Å². The van der Waals surface area contributed by atoms with E-state index >= 15 is 0 Å². The van der Waals surface area contributed by atoms with Gasteiger partial charge in [-0.15, -0.1) is 0 Å². The molecule has 0 aliphatic rings. The average molecular weight is 282 g/mol. The average Bonchev–Trinajstić information content (AvgIpc) is 2.26. The normalized spacial score (nSPS) is 14.0. The van der Waals surface area contributed by atoms with Crippen LogP contribution in [0, 0.1) is 11.3 Å². The minimum atomic E-state index is -4.91. The largest absolute Gasteiger partial charge is 0.416 e. The summed E-state index contributed by atoms with van der Waals surface area (Å²) >= 11 is 0. The fraction of sp³-hybridized carbons (Fsp3) is 0.364. The van der Waals surface area contributed by atoms with E-state index in [0.29, 0.717) is 12.1 Å². The Balaban J connectivity index is 3.38. The molecule has 1 aromatic carbocycles. The predicted octanol–water partition coefficient (Wildman–Crippen LogP) is 3.64. The molecule has 1 atom stereocenters. The molecule has 0 amide bonds. The van der Waals surface area contributed by atoms with Crippen molar-refractivity contribution in [3.8, 4) is 6.07 Å². The molecule has 1 rings (SSSR count). The van der Waals surface area contributed by atoms with Crippen molar-refractivity contribution in [3.63, 3.8) is 0 Å². The second-order valence-electron chi connectivity index (χ2n) is 3.81. The van der Waals surface area contributed by atoms with Gasteiger partial charge in [-0.2, -0.15) is 31.6 Å². The summed E-state index contributed by atoms with van der Waals surface area (Å²) in [5.74, 6) is 0. The van der Waals surface area contributed by atoms with Gasteiger partial charge in [0.25, 0.3) is 0 Å². The molecule has 0 unspecified atom stereocenters. The van der Waals surface area contributed by atoms with Gasteiger partial charge in [0.1, 0.15) is 0 Å². The summed E-state index contributed by atoms with van der Waals surface area (Å²) in [5.41, 5.74) is 2.12. The first-order chi connectivity index (χ1) is 8.55. The number of alkyl halides is 6. The Bertz CT molecular complexity index is 465. The van der Waals surface area contributed by atoms with Crippen LogP contribution in [0.5, 0.6) is 0 Å². The van der Waals surface area contributed by atoms with Crippen LogP contribution in [0.4, 0.5) is 26.3 Å². The molecular weight excluding hydrogens is 274 g/mol. The van der Waals surface area contributed by atoms with E-state index in [-0.39, 0.29) is 18.1 Å². The number of rotatable bonds is 2. The van der Waals surface area contributed by atoms with E-state index in [1.807, 2.05) is 0 Å². The maximum Gasteiger partial charge on any atom is 0.416 e. The van der Waals surface area contributed by atoms with Crippen molar-refractivity contribution in [1.29, 1.82) is 5.26 Å². The van der Waals surface area contributed by atoms with Crippen molar-refractivity contribution in [1.82, 2.24) is 0 Å². The smallest absolute Gasteiger partial charge is 0.323 e. The van der Waals surface area contributed by atoms with Gasteiger partial charge in [0.05, 0.1) is 23.6 Å². The van der Waals surface area contributed by atoms with Gasteiger partial charge in [0, 0.05) is 6.04 Å². The van der Waals surface area contributed by atoms with Crippen LogP contribution in [-0.4, -0.2) is 0 Å². The van der Waals surface area contributed by atoms with Crippen LogP contribution >= 0.6 is 0 Å². The third-order valence-corrected chi connectivity index (χ3v) is 2.35. The highest BCUT2D eigenvalue weighted by Crippen LogP contribution is 2.37. The lowest BCUT2D eigenvalue weighted by Crippen LogP contribution is -2.16. The third kappa shape index (κ3) is 3.86. The van der Waals surface area contributed by atoms with Crippen molar-refractivity contribution < 1.29 is 26.3 Å². The molecule has 0 spiro atoms. The molecule has 8 heteroatoms. The first kappa shape index (κ1) is 15.3. The fourth-order valence-electron chi connectivity index (χ4n) is 1.41. The van der Waals surface area contributed by atoms with Crippen LogP contribution in [-0.2, 0) is 12.4 Å². The van der Waals surface area contributed by atoms with E-state index in [1.165, 1.54) is 0 Å². The lowest BCUT2D eigenvalue weighted by Gasteiger charge is -2.16. The van der Waals surface area contributed by atoms with E-state index in [4.69, 9.17) is 11.0 Å². The third-order valence-electron chi connectivity index (χ3n) is 2.35. The maximum atomic E-state index is 12.5. The number of nitrogens with zero attached hydrogens (tertiary/aromatic N) is 1. The summed E-state index contributed by atoms with van der Waals surface area (Å²) in [6, 6.07) is 1.46. The Kier molecular flexibility index (Phi) is 4.10. The quantitative estimate of drug-likeness (QED) is 0.842. The van der Waals surface area contributed by atoms with Gasteiger partial charge in [-0.3, -0.25) is 0 Å². The number of nitrogens with two attached hydrogens (primary N) is 1. The van der Waals surface area contributed by atoms with E-state index in [1.54, 1.807) is 6.07 Å². The molecule has 0 aliphatic carbocycles. The lowest BCUT2D eigenvalue weighted by atomic mass is 9.98. The Morgan fingerprint density at radius 3 is 1.74 bits per heavy atom. The molecule has 0 saturated heterocycles. The zero-order valence-electron chi connectivity index (χ0n) is 9.31. The highest BCUT2D eigenvalue weighted by Gasteiger charge is 2.37. The van der Waals surface area contributed by atoms with Crippen molar-refractivity contribution in [2.45, 2.75) is 24.8 Å². The molecule has 104 valence electrons. The summed E-state index contributed by atoms with van der Waals surface area (Å²) in [6.45, 7) is 0. The van der Waals surface area contributed by atoms with E-state index in [0.717, 1.165) is 0 Å². The summed E-state index contributed by atoms with van der Waals surface area (Å²) in [6.07, 6.45) is -10.2. The Morgan fingerprint density at radius 1 is 1.00 bits per heavy atom. The Labute approximate surface area is 104 Å². The molecule has 0 fully saturated rings. The highest BCUT2D eigenvalue weighted by molar-refractivity contribution is 5.35. The summed E-state index contributed by atoms with van der Waals surface area (Å²) in [7, 11) is 0. The zero-order valence-corrected chi connectivity index (χ0v) is 9.31. The van der Waals surface area contributed by atoms with Gasteiger partial charge in [-0.05, 0) is 23.8 Å². The monoisotopic (exact) mass is 282 g/mol. The Hall–Kier alpha value is -1.75. The van der Waals surface area contributed by atoms with Crippen LogP contribution < -0.4 is 5.73 Å². The number of halogens is 6. The molecule has 0 aromatic heterocycles. The van der Waals surface area contributed by atoms with Crippen LogP contribution in [0.25, 0.3) is 0 Å². The molecule has 2 N–H and O–H groups in total. The van der Waals surface area contributed by atoms with Crippen LogP contribution in [0.15, 0.2) is 18.2 Å². The van der Waals surface area contributed by atoms with Gasteiger partial charge < -0.3 is 5.73 Å². The molecular formula is C11H8F6N2. The number of hydrogen-bond acceptors (Lipinski definition) is 2. The predicted molar refractivity (Wildman–Crippen MR) is 53.6 cm³/mol. The highest BCUT2D eigenvalue weighted by atomic mass is 19.4. The summed E-state index contributed by atoms with van der Waals surface area (Å²) in [5, 5.41) is 8.38. The molecule has 0 heterocycles. The topological polar surface area (TPSA) is 49.8 Å². The van der Waals surface area contributed by atoms with Gasteiger partial charge in [-0.25, -0.2) is 0 Å². The first-order valence-electron chi connectivity index (χ1n) is 4.97. The van der Waals surface area contributed by atoms with Crippen LogP contribution in [0.2, 0.25) is 0 Å². The van der Waals surface area contributed by atoms with Gasteiger partial charge >= 0.3 is 12.4 Å². The Morgan fingerprint density at radius 2 is 1.42 bits per heavy atom. The fourth-order valence-corrected chi connectivity index (χ4v) is 1.41. The van der Waals surface area contributed by atoms with Gasteiger partial charge in [0.2, 0.25) is 0 Å². The molecule has 2 nitrogen and oxygen atoms in total. The number of nitriles is 1. The van der Waals surface area contributed by atoms with Crippen molar-refractivity contribution >= 4 is 0 Å². The summed E-state index contributed by atoms with van der Waals surface area (Å²) < 4.78 is 75.1. The van der Waals surface area contributed by atoms with E-state index in [9.17, 15) is 26.3 Å². The van der Waals surface area contributed by atoms with Crippen molar-refractivity contribution in [2.75, 3.05) is 0 Å². The second kappa shape index (κ2) is 5.09. The maximum absolute atomic E-state index is 12.5. The molecule has 1 aromatic rings. The molecule has 0 radical (unpaired) electrons. The summed E-state index contributed by atoms with van der Waals surface area (Å²) in [4.78, 5) is 0. The minimum absolute atomic E-state index is 0.0165. The van der Waals surface area contributed by atoms with Crippen molar-refractivity contribution in [2.24, 2.45) is 5.73 Å². The van der Waals surface area contributed by atoms with Crippen LogP contribution in [0.1, 0.15) is 29.2 Å². The molecule has 0 bridgehead atoms. The first-order valence-corrected chi connectivity index (χ1v) is 4.97. The van der Waals surface area contributed by atoms with E-state index < -0.39 is 29.5 Å². The number of hydrogen-bond donors (Lipinski definition) is 1. The number of benzene rings is 1. The van der Waals surface area contributed by atoms with E-state index in [2.05, 4.69) is 0 Å².